The highest BCUT2D eigenvalue weighted by molar-refractivity contribution is 7.89. The van der Waals surface area contributed by atoms with Gasteiger partial charge in [0, 0.05) is 26.2 Å². The van der Waals surface area contributed by atoms with E-state index in [1.807, 2.05) is 0 Å². The summed E-state index contributed by atoms with van der Waals surface area (Å²) in [5.74, 6) is 0. The third-order valence-electron chi connectivity index (χ3n) is 4.59. The third-order valence-corrected chi connectivity index (χ3v) is 6.99. The van der Waals surface area contributed by atoms with E-state index < -0.39 is 10.0 Å². The standard InChI is InChI=1S/C14H29N3O2S/c15-8-4-5-9-16-10-12-17(13-11-16)20(18,19)14-6-2-1-3-7-14/h14H,1-13,15H2. The second-order valence-electron chi connectivity index (χ2n) is 6.04. The summed E-state index contributed by atoms with van der Waals surface area (Å²) in [6, 6.07) is 0. The average Bonchev–Trinajstić information content (AvgIpc) is 2.49. The molecule has 0 radical (unpaired) electrons. The van der Waals surface area contributed by atoms with E-state index >= 15 is 0 Å². The van der Waals surface area contributed by atoms with Crippen LogP contribution in [0, 0.1) is 0 Å². The van der Waals surface area contributed by atoms with Crippen molar-refractivity contribution in [3.8, 4) is 0 Å². The van der Waals surface area contributed by atoms with Crippen LogP contribution in [-0.4, -0.2) is 62.1 Å². The maximum Gasteiger partial charge on any atom is 0.217 e. The molecule has 1 aliphatic heterocycles. The normalized spacial score (nSPS) is 24.1. The Morgan fingerprint density at radius 2 is 1.60 bits per heavy atom. The van der Waals surface area contributed by atoms with E-state index in [1.54, 1.807) is 4.31 Å². The molecule has 2 aliphatic rings. The first-order valence-corrected chi connectivity index (χ1v) is 9.56. The largest absolute Gasteiger partial charge is 0.330 e. The van der Waals surface area contributed by atoms with Gasteiger partial charge in [0.25, 0.3) is 0 Å². The molecule has 2 fully saturated rings. The minimum absolute atomic E-state index is 0.111. The van der Waals surface area contributed by atoms with E-state index in [0.29, 0.717) is 13.1 Å². The van der Waals surface area contributed by atoms with Crippen LogP contribution in [0.5, 0.6) is 0 Å². The Morgan fingerprint density at radius 3 is 2.20 bits per heavy atom. The quantitative estimate of drug-likeness (QED) is 0.744. The summed E-state index contributed by atoms with van der Waals surface area (Å²) in [6.45, 7) is 4.88. The predicted molar refractivity (Wildman–Crippen MR) is 82.1 cm³/mol. The van der Waals surface area contributed by atoms with Gasteiger partial charge in [-0.2, -0.15) is 4.31 Å². The molecule has 0 aromatic heterocycles. The lowest BCUT2D eigenvalue weighted by Gasteiger charge is -2.36. The Bertz CT molecular complexity index is 372. The van der Waals surface area contributed by atoms with Crippen LogP contribution in [0.4, 0.5) is 0 Å². The van der Waals surface area contributed by atoms with Gasteiger partial charge in [0.05, 0.1) is 5.25 Å². The van der Waals surface area contributed by atoms with Gasteiger partial charge in [-0.25, -0.2) is 8.42 Å². The van der Waals surface area contributed by atoms with Crippen LogP contribution in [0.25, 0.3) is 0 Å². The van der Waals surface area contributed by atoms with E-state index in [1.165, 1.54) is 6.42 Å². The van der Waals surface area contributed by atoms with Gasteiger partial charge in [-0.1, -0.05) is 19.3 Å². The van der Waals surface area contributed by atoms with E-state index in [9.17, 15) is 8.42 Å². The maximum atomic E-state index is 12.6. The van der Waals surface area contributed by atoms with Crippen LogP contribution in [-0.2, 0) is 10.0 Å². The zero-order chi connectivity index (χ0) is 14.4. The third kappa shape index (κ3) is 4.16. The van der Waals surface area contributed by atoms with Crippen molar-refractivity contribution < 1.29 is 8.42 Å². The molecular weight excluding hydrogens is 274 g/mol. The Labute approximate surface area is 123 Å². The zero-order valence-corrected chi connectivity index (χ0v) is 13.3. The Morgan fingerprint density at radius 1 is 0.950 bits per heavy atom. The summed E-state index contributed by atoms with van der Waals surface area (Å²) in [5, 5.41) is -0.111. The van der Waals surface area contributed by atoms with Crippen molar-refractivity contribution in [2.45, 2.75) is 50.2 Å². The number of hydrogen-bond acceptors (Lipinski definition) is 4. The van der Waals surface area contributed by atoms with Gasteiger partial charge >= 0.3 is 0 Å². The van der Waals surface area contributed by atoms with Gasteiger partial charge < -0.3 is 10.6 Å². The number of piperazine rings is 1. The van der Waals surface area contributed by atoms with Gasteiger partial charge in [-0.3, -0.25) is 0 Å². The number of rotatable bonds is 6. The molecular formula is C14H29N3O2S. The minimum atomic E-state index is -3.05. The lowest BCUT2D eigenvalue weighted by molar-refractivity contribution is 0.184. The lowest BCUT2D eigenvalue weighted by Crippen LogP contribution is -2.51. The van der Waals surface area contributed by atoms with Crippen LogP contribution in [0.3, 0.4) is 0 Å². The molecule has 1 heterocycles. The maximum absolute atomic E-state index is 12.6. The van der Waals surface area contributed by atoms with E-state index in [4.69, 9.17) is 5.73 Å². The Balaban J connectivity index is 1.80. The highest BCUT2D eigenvalue weighted by atomic mass is 32.2. The number of hydrogen-bond donors (Lipinski definition) is 1. The fourth-order valence-corrected chi connectivity index (χ4v) is 5.28. The smallest absolute Gasteiger partial charge is 0.217 e. The molecule has 0 atom stereocenters. The van der Waals surface area contributed by atoms with E-state index in [-0.39, 0.29) is 5.25 Å². The molecule has 0 aromatic rings. The second kappa shape index (κ2) is 7.73. The SMILES string of the molecule is NCCCCN1CCN(S(=O)(=O)C2CCCCC2)CC1. The number of unbranched alkanes of at least 4 members (excludes halogenated alkanes) is 1. The molecule has 0 amide bonds. The minimum Gasteiger partial charge on any atom is -0.330 e. The first-order chi connectivity index (χ1) is 9.64. The molecule has 0 unspecified atom stereocenters. The number of nitrogens with zero attached hydrogens (tertiary/aromatic N) is 2. The highest BCUT2D eigenvalue weighted by Gasteiger charge is 2.34. The molecule has 6 heteroatoms. The number of nitrogens with two attached hydrogens (primary N) is 1. The fourth-order valence-electron chi connectivity index (χ4n) is 3.26. The van der Waals surface area contributed by atoms with Crippen LogP contribution in [0.1, 0.15) is 44.9 Å². The number of sulfonamides is 1. The monoisotopic (exact) mass is 303 g/mol. The van der Waals surface area contributed by atoms with Crippen molar-refractivity contribution in [1.82, 2.24) is 9.21 Å². The average molecular weight is 303 g/mol. The molecule has 0 bridgehead atoms. The lowest BCUT2D eigenvalue weighted by atomic mass is 10.0. The van der Waals surface area contributed by atoms with Gasteiger partial charge in [0.15, 0.2) is 0 Å². The van der Waals surface area contributed by atoms with E-state index in [2.05, 4.69) is 4.90 Å². The summed E-state index contributed by atoms with van der Waals surface area (Å²) >= 11 is 0. The van der Waals surface area contributed by atoms with Crippen molar-refractivity contribution in [2.75, 3.05) is 39.3 Å². The molecule has 118 valence electrons. The molecule has 2 N–H and O–H groups in total. The fraction of sp³-hybridized carbons (Fsp3) is 1.00. The summed E-state index contributed by atoms with van der Waals surface area (Å²) < 4.78 is 26.9. The second-order valence-corrected chi connectivity index (χ2v) is 8.25. The van der Waals surface area contributed by atoms with Gasteiger partial charge in [0.1, 0.15) is 0 Å². The summed E-state index contributed by atoms with van der Waals surface area (Å²) in [5.41, 5.74) is 5.50. The van der Waals surface area contributed by atoms with Crippen molar-refractivity contribution in [2.24, 2.45) is 5.73 Å². The molecule has 2 rings (SSSR count). The molecule has 1 saturated carbocycles. The molecule has 0 spiro atoms. The summed E-state index contributed by atoms with van der Waals surface area (Å²) in [7, 11) is -3.05. The summed E-state index contributed by atoms with van der Waals surface area (Å²) in [4.78, 5) is 2.36. The topological polar surface area (TPSA) is 66.6 Å². The van der Waals surface area contributed by atoms with Crippen LogP contribution < -0.4 is 5.73 Å². The molecule has 5 nitrogen and oxygen atoms in total. The molecule has 0 aromatic carbocycles. The van der Waals surface area contributed by atoms with Crippen molar-refractivity contribution in [1.29, 1.82) is 0 Å². The van der Waals surface area contributed by atoms with Gasteiger partial charge in [0.2, 0.25) is 10.0 Å². The first-order valence-electron chi connectivity index (χ1n) is 8.06. The molecule has 20 heavy (non-hydrogen) atoms. The zero-order valence-electron chi connectivity index (χ0n) is 12.5. The van der Waals surface area contributed by atoms with E-state index in [0.717, 1.165) is 64.7 Å². The summed E-state index contributed by atoms with van der Waals surface area (Å²) in [6.07, 6.45) is 7.23. The molecule has 1 aliphatic carbocycles. The Kier molecular flexibility index (Phi) is 6.26. The van der Waals surface area contributed by atoms with Crippen molar-refractivity contribution >= 4 is 10.0 Å². The van der Waals surface area contributed by atoms with Crippen LogP contribution in [0.2, 0.25) is 0 Å². The van der Waals surface area contributed by atoms with Gasteiger partial charge in [-0.05, 0) is 38.8 Å². The highest BCUT2D eigenvalue weighted by Crippen LogP contribution is 2.26. The van der Waals surface area contributed by atoms with Gasteiger partial charge in [-0.15, -0.1) is 0 Å². The first kappa shape index (κ1) is 16.2. The molecule has 1 saturated heterocycles. The van der Waals surface area contributed by atoms with Crippen molar-refractivity contribution in [3.05, 3.63) is 0 Å². The predicted octanol–water partition coefficient (Wildman–Crippen LogP) is 1.01. The van der Waals surface area contributed by atoms with Crippen LogP contribution >= 0.6 is 0 Å². The van der Waals surface area contributed by atoms with Crippen LogP contribution in [0.15, 0.2) is 0 Å². The Hall–Kier alpha value is -0.170. The van der Waals surface area contributed by atoms with Crippen molar-refractivity contribution in [3.63, 3.8) is 0 Å².